The van der Waals surface area contributed by atoms with Gasteiger partial charge in [0, 0.05) is 19.8 Å². The minimum atomic E-state index is -0.101. The molecule has 1 heterocycles. The lowest BCUT2D eigenvalue weighted by molar-refractivity contribution is 0.0771. The molecule has 0 bridgehead atoms. The molecule has 0 saturated carbocycles. The zero-order chi connectivity index (χ0) is 11.3. The first-order valence-corrected chi connectivity index (χ1v) is 4.89. The van der Waals surface area contributed by atoms with E-state index in [2.05, 4.69) is 10.9 Å². The molecule has 1 aromatic rings. The minimum absolute atomic E-state index is 0.101. The van der Waals surface area contributed by atoms with E-state index < -0.39 is 0 Å². The lowest BCUT2D eigenvalue weighted by Crippen LogP contribution is -2.32. The SMILES string of the molecule is C#CCN(CCC)C(=O)c1cn(C)cn1. The number of nitrogens with zero attached hydrogens (tertiary/aromatic N) is 3. The van der Waals surface area contributed by atoms with Crippen LogP contribution in [0.4, 0.5) is 0 Å². The molecule has 0 aliphatic rings. The molecule has 80 valence electrons. The standard InChI is InChI=1S/C11H15N3O/c1-4-6-14(7-5-2)11(15)10-8-13(3)9-12-10/h1,8-9H,5-7H2,2-3H3. The van der Waals surface area contributed by atoms with Gasteiger partial charge in [-0.3, -0.25) is 4.79 Å². The highest BCUT2D eigenvalue weighted by Crippen LogP contribution is 2.02. The molecular weight excluding hydrogens is 190 g/mol. The third-order valence-electron chi connectivity index (χ3n) is 1.99. The summed E-state index contributed by atoms with van der Waals surface area (Å²) >= 11 is 0. The summed E-state index contributed by atoms with van der Waals surface area (Å²) in [5.41, 5.74) is 0.446. The summed E-state index contributed by atoms with van der Waals surface area (Å²) in [6, 6.07) is 0. The van der Waals surface area contributed by atoms with E-state index in [0.29, 0.717) is 18.8 Å². The molecule has 0 aromatic carbocycles. The van der Waals surface area contributed by atoms with Crippen LogP contribution in [-0.4, -0.2) is 33.4 Å². The van der Waals surface area contributed by atoms with Gasteiger partial charge in [0.05, 0.1) is 12.9 Å². The summed E-state index contributed by atoms with van der Waals surface area (Å²) < 4.78 is 1.74. The Kier molecular flexibility index (Phi) is 3.92. The fourth-order valence-corrected chi connectivity index (χ4v) is 1.32. The second-order valence-electron chi connectivity index (χ2n) is 3.36. The van der Waals surface area contributed by atoms with Crippen LogP contribution < -0.4 is 0 Å². The molecule has 0 N–H and O–H groups in total. The van der Waals surface area contributed by atoms with Gasteiger partial charge in [0.25, 0.3) is 5.91 Å². The van der Waals surface area contributed by atoms with E-state index in [0.717, 1.165) is 6.42 Å². The van der Waals surface area contributed by atoms with E-state index in [1.165, 1.54) is 0 Å². The van der Waals surface area contributed by atoms with Crippen LogP contribution in [0.5, 0.6) is 0 Å². The Balaban J connectivity index is 2.76. The molecule has 0 radical (unpaired) electrons. The van der Waals surface area contributed by atoms with Crippen LogP contribution >= 0.6 is 0 Å². The van der Waals surface area contributed by atoms with Crippen molar-refractivity contribution in [1.29, 1.82) is 0 Å². The molecule has 15 heavy (non-hydrogen) atoms. The molecule has 1 aromatic heterocycles. The number of carbonyl (C=O) groups excluding carboxylic acids is 1. The van der Waals surface area contributed by atoms with E-state index in [1.54, 1.807) is 22.0 Å². The van der Waals surface area contributed by atoms with Crippen LogP contribution in [0.15, 0.2) is 12.5 Å². The Bertz CT molecular complexity index is 375. The third-order valence-corrected chi connectivity index (χ3v) is 1.99. The van der Waals surface area contributed by atoms with Gasteiger partial charge in [0.1, 0.15) is 5.69 Å². The second-order valence-corrected chi connectivity index (χ2v) is 3.36. The maximum Gasteiger partial charge on any atom is 0.274 e. The Labute approximate surface area is 89.9 Å². The van der Waals surface area contributed by atoms with Crippen molar-refractivity contribution in [2.45, 2.75) is 13.3 Å². The number of carbonyl (C=O) groups is 1. The van der Waals surface area contributed by atoms with Gasteiger partial charge in [-0.05, 0) is 6.42 Å². The van der Waals surface area contributed by atoms with Crippen molar-refractivity contribution in [2.24, 2.45) is 7.05 Å². The lowest BCUT2D eigenvalue weighted by Gasteiger charge is -2.17. The average molecular weight is 205 g/mol. The van der Waals surface area contributed by atoms with Gasteiger partial charge in [-0.1, -0.05) is 12.8 Å². The third kappa shape index (κ3) is 2.84. The number of amides is 1. The second kappa shape index (κ2) is 5.20. The van der Waals surface area contributed by atoms with Crippen molar-refractivity contribution in [3.63, 3.8) is 0 Å². The summed E-state index contributed by atoms with van der Waals surface area (Å²) in [6.45, 7) is 3.01. The van der Waals surface area contributed by atoms with Gasteiger partial charge >= 0.3 is 0 Å². The number of aryl methyl sites for hydroxylation is 1. The Morgan fingerprint density at radius 2 is 2.47 bits per heavy atom. The van der Waals surface area contributed by atoms with E-state index in [-0.39, 0.29) is 5.91 Å². The number of rotatable bonds is 4. The monoisotopic (exact) mass is 205 g/mol. The highest BCUT2D eigenvalue weighted by Gasteiger charge is 2.15. The van der Waals surface area contributed by atoms with Crippen molar-refractivity contribution >= 4 is 5.91 Å². The summed E-state index contributed by atoms with van der Waals surface area (Å²) in [6.07, 6.45) is 9.40. The first-order valence-electron chi connectivity index (χ1n) is 4.89. The molecule has 0 aliphatic carbocycles. The van der Waals surface area contributed by atoms with Crippen LogP contribution in [0.25, 0.3) is 0 Å². The van der Waals surface area contributed by atoms with Gasteiger partial charge in [-0.2, -0.15) is 0 Å². The molecule has 0 unspecified atom stereocenters. The van der Waals surface area contributed by atoms with E-state index in [1.807, 2.05) is 14.0 Å². The van der Waals surface area contributed by atoms with Gasteiger partial charge in [0.2, 0.25) is 0 Å². The van der Waals surface area contributed by atoms with Crippen LogP contribution in [0.1, 0.15) is 23.8 Å². The lowest BCUT2D eigenvalue weighted by atomic mass is 10.3. The Hall–Kier alpha value is -1.76. The molecular formula is C11H15N3O. The number of terminal acetylenes is 1. The summed E-state index contributed by atoms with van der Waals surface area (Å²) in [5, 5.41) is 0. The molecule has 0 atom stereocenters. The van der Waals surface area contributed by atoms with Crippen LogP contribution in [0.2, 0.25) is 0 Å². The first-order chi connectivity index (χ1) is 7.19. The predicted molar refractivity (Wildman–Crippen MR) is 58.2 cm³/mol. The first kappa shape index (κ1) is 11.3. The normalized spacial score (nSPS) is 9.67. The predicted octanol–water partition coefficient (Wildman–Crippen LogP) is 0.905. The van der Waals surface area contributed by atoms with Gasteiger partial charge < -0.3 is 9.47 Å². The molecule has 4 heteroatoms. The number of hydrogen-bond donors (Lipinski definition) is 0. The fraction of sp³-hybridized carbons (Fsp3) is 0.455. The fourth-order valence-electron chi connectivity index (χ4n) is 1.32. The van der Waals surface area contributed by atoms with Crippen molar-refractivity contribution in [3.05, 3.63) is 18.2 Å². The van der Waals surface area contributed by atoms with Crippen LogP contribution in [0, 0.1) is 12.3 Å². The zero-order valence-corrected chi connectivity index (χ0v) is 9.10. The summed E-state index contributed by atoms with van der Waals surface area (Å²) in [5.74, 6) is 2.38. The number of aromatic nitrogens is 2. The van der Waals surface area contributed by atoms with E-state index in [4.69, 9.17) is 6.42 Å². The molecule has 0 fully saturated rings. The molecule has 4 nitrogen and oxygen atoms in total. The van der Waals surface area contributed by atoms with Crippen molar-refractivity contribution in [3.8, 4) is 12.3 Å². The van der Waals surface area contributed by atoms with Crippen molar-refractivity contribution in [1.82, 2.24) is 14.5 Å². The highest BCUT2D eigenvalue weighted by atomic mass is 16.2. The Morgan fingerprint density at radius 3 is 2.93 bits per heavy atom. The zero-order valence-electron chi connectivity index (χ0n) is 9.10. The maximum atomic E-state index is 11.9. The van der Waals surface area contributed by atoms with E-state index >= 15 is 0 Å². The minimum Gasteiger partial charge on any atom is -0.340 e. The topological polar surface area (TPSA) is 38.1 Å². The smallest absolute Gasteiger partial charge is 0.274 e. The van der Waals surface area contributed by atoms with Crippen LogP contribution in [-0.2, 0) is 7.05 Å². The number of hydrogen-bond acceptors (Lipinski definition) is 2. The summed E-state index contributed by atoms with van der Waals surface area (Å²) in [4.78, 5) is 17.5. The van der Waals surface area contributed by atoms with Gasteiger partial charge in [-0.25, -0.2) is 4.98 Å². The van der Waals surface area contributed by atoms with Gasteiger partial charge in [0.15, 0.2) is 0 Å². The van der Waals surface area contributed by atoms with Crippen molar-refractivity contribution < 1.29 is 4.79 Å². The highest BCUT2D eigenvalue weighted by molar-refractivity contribution is 5.92. The summed E-state index contributed by atoms with van der Waals surface area (Å²) in [7, 11) is 1.83. The molecule has 1 amide bonds. The molecule has 0 saturated heterocycles. The maximum absolute atomic E-state index is 11.9. The van der Waals surface area contributed by atoms with Gasteiger partial charge in [-0.15, -0.1) is 6.42 Å². The van der Waals surface area contributed by atoms with E-state index in [9.17, 15) is 4.79 Å². The largest absolute Gasteiger partial charge is 0.340 e. The molecule has 1 rings (SSSR count). The average Bonchev–Trinajstić information content (AvgIpc) is 2.63. The van der Waals surface area contributed by atoms with Crippen molar-refractivity contribution in [2.75, 3.05) is 13.1 Å². The quantitative estimate of drug-likeness (QED) is 0.685. The molecule has 0 spiro atoms. The Morgan fingerprint density at radius 1 is 1.73 bits per heavy atom. The van der Waals surface area contributed by atoms with Crippen LogP contribution in [0.3, 0.4) is 0 Å². The number of imidazole rings is 1. The molecule has 0 aliphatic heterocycles.